The molecule has 0 aliphatic carbocycles. The van der Waals surface area contributed by atoms with Crippen LogP contribution in [0.2, 0.25) is 0 Å². The Kier molecular flexibility index (Phi) is 4.95. The van der Waals surface area contributed by atoms with Gasteiger partial charge in [0.15, 0.2) is 0 Å². The molecular weight excluding hydrogens is 122 g/mol. The molecule has 0 heterocycles. The van der Waals surface area contributed by atoms with Gasteiger partial charge < -0.3 is 5.32 Å². The average Bonchev–Trinajstić information content (AvgIpc) is 1.87. The highest BCUT2D eigenvalue weighted by Crippen LogP contribution is 1.93. The summed E-state index contributed by atoms with van der Waals surface area (Å²) in [6.07, 6.45) is 1.06. The molecule has 0 amide bonds. The number of hydrogen-bond donors (Lipinski definition) is 1. The summed E-state index contributed by atoms with van der Waals surface area (Å²) in [6.45, 7) is 13.6. The predicted molar refractivity (Wildman–Crippen MR) is 47.1 cm³/mol. The summed E-state index contributed by atoms with van der Waals surface area (Å²) in [6, 6.07) is 0. The summed E-state index contributed by atoms with van der Waals surface area (Å²) >= 11 is 0. The van der Waals surface area contributed by atoms with Gasteiger partial charge in [-0.05, 0) is 13.3 Å². The largest absolute Gasteiger partial charge is 0.309 e. The molecule has 1 nitrogen and oxygen atoms in total. The Morgan fingerprint density at radius 2 is 1.90 bits per heavy atom. The third-order valence-electron chi connectivity index (χ3n) is 1.30. The number of nitrogens with one attached hydrogen (secondary N) is 1. The molecule has 0 aromatic rings. The van der Waals surface area contributed by atoms with Crippen LogP contribution in [0.25, 0.3) is 0 Å². The summed E-state index contributed by atoms with van der Waals surface area (Å²) in [5, 5.41) is 3.24. The molecule has 10 heavy (non-hydrogen) atoms. The van der Waals surface area contributed by atoms with Crippen molar-refractivity contribution in [2.75, 3.05) is 13.1 Å². The second kappa shape index (κ2) is 5.24. The van der Waals surface area contributed by atoms with Crippen LogP contribution in [-0.4, -0.2) is 13.1 Å². The molecule has 0 atom stereocenters. The van der Waals surface area contributed by atoms with Crippen molar-refractivity contribution in [2.24, 2.45) is 0 Å². The Hall–Kier alpha value is -0.560. The van der Waals surface area contributed by atoms with E-state index in [2.05, 4.69) is 25.4 Å². The Morgan fingerprint density at radius 3 is 2.30 bits per heavy atom. The van der Waals surface area contributed by atoms with Gasteiger partial charge in [-0.1, -0.05) is 31.2 Å². The minimum atomic E-state index is 0.902. The van der Waals surface area contributed by atoms with Crippen LogP contribution in [0.4, 0.5) is 0 Å². The Balaban J connectivity index is 3.20. The van der Waals surface area contributed by atoms with Crippen molar-refractivity contribution in [1.82, 2.24) is 5.32 Å². The quantitative estimate of drug-likeness (QED) is 0.575. The van der Waals surface area contributed by atoms with Crippen molar-refractivity contribution in [2.45, 2.75) is 20.3 Å². The van der Waals surface area contributed by atoms with Gasteiger partial charge in [-0.25, -0.2) is 0 Å². The van der Waals surface area contributed by atoms with Crippen molar-refractivity contribution in [1.29, 1.82) is 0 Å². The van der Waals surface area contributed by atoms with Crippen molar-refractivity contribution < 1.29 is 0 Å². The molecule has 0 radical (unpaired) electrons. The van der Waals surface area contributed by atoms with Gasteiger partial charge in [-0.15, -0.1) is 0 Å². The lowest BCUT2D eigenvalue weighted by Gasteiger charge is -2.04. The molecule has 0 aliphatic heterocycles. The van der Waals surface area contributed by atoms with Gasteiger partial charge in [-0.2, -0.15) is 0 Å². The van der Waals surface area contributed by atoms with Crippen molar-refractivity contribution in [3.05, 3.63) is 24.3 Å². The first-order valence-electron chi connectivity index (χ1n) is 3.68. The third-order valence-corrected chi connectivity index (χ3v) is 1.30. The molecule has 0 aliphatic rings. The molecule has 58 valence electrons. The van der Waals surface area contributed by atoms with Crippen LogP contribution >= 0.6 is 0 Å². The van der Waals surface area contributed by atoms with Crippen molar-refractivity contribution in [3.8, 4) is 0 Å². The summed E-state index contributed by atoms with van der Waals surface area (Å²) in [7, 11) is 0. The fourth-order valence-corrected chi connectivity index (χ4v) is 0.578. The van der Waals surface area contributed by atoms with E-state index < -0.39 is 0 Å². The smallest absolute Gasteiger partial charge is 0.0164 e. The Morgan fingerprint density at radius 1 is 1.30 bits per heavy atom. The summed E-state index contributed by atoms with van der Waals surface area (Å²) in [4.78, 5) is 0. The van der Waals surface area contributed by atoms with Crippen LogP contribution in [0.3, 0.4) is 0 Å². The van der Waals surface area contributed by atoms with Crippen molar-refractivity contribution >= 4 is 0 Å². The van der Waals surface area contributed by atoms with Gasteiger partial charge in [0.25, 0.3) is 0 Å². The highest BCUT2D eigenvalue weighted by molar-refractivity contribution is 4.98. The molecule has 0 fully saturated rings. The maximum atomic E-state index is 3.88. The molecule has 0 bridgehead atoms. The van der Waals surface area contributed by atoms with Gasteiger partial charge in [0.2, 0.25) is 0 Å². The zero-order valence-electron chi connectivity index (χ0n) is 7.04. The molecule has 0 aromatic heterocycles. The molecule has 1 heteroatoms. The van der Waals surface area contributed by atoms with Crippen LogP contribution in [0.5, 0.6) is 0 Å². The predicted octanol–water partition coefficient (Wildman–Crippen LogP) is 2.12. The molecule has 0 rings (SSSR count). The molecule has 1 N–H and O–H groups in total. The Labute approximate surface area is 63.8 Å². The first-order valence-corrected chi connectivity index (χ1v) is 3.68. The topological polar surface area (TPSA) is 12.0 Å². The maximum absolute atomic E-state index is 3.88. The fourth-order valence-electron chi connectivity index (χ4n) is 0.578. The van der Waals surface area contributed by atoms with E-state index in [0.717, 1.165) is 19.5 Å². The lowest BCUT2D eigenvalue weighted by Crippen LogP contribution is -2.18. The minimum Gasteiger partial charge on any atom is -0.309 e. The highest BCUT2D eigenvalue weighted by atomic mass is 14.8. The standard InChI is InChI=1S/C9H17N/c1-5-9(4)7-10-6-8(2)3/h10H,2,4-7H2,1,3H3. The Bertz CT molecular complexity index is 125. The van der Waals surface area contributed by atoms with Crippen LogP contribution in [0.1, 0.15) is 20.3 Å². The summed E-state index contributed by atoms with van der Waals surface area (Å²) in [5.41, 5.74) is 2.42. The lowest BCUT2D eigenvalue weighted by atomic mass is 10.2. The maximum Gasteiger partial charge on any atom is 0.0164 e. The number of rotatable bonds is 5. The zero-order valence-corrected chi connectivity index (χ0v) is 7.04. The second-order valence-electron chi connectivity index (χ2n) is 2.66. The molecular formula is C9H17N. The van der Waals surface area contributed by atoms with Gasteiger partial charge >= 0.3 is 0 Å². The first-order chi connectivity index (χ1) is 4.66. The van der Waals surface area contributed by atoms with Gasteiger partial charge in [0.05, 0.1) is 0 Å². The van der Waals surface area contributed by atoms with E-state index in [1.54, 1.807) is 0 Å². The van der Waals surface area contributed by atoms with Crippen LogP contribution < -0.4 is 5.32 Å². The number of hydrogen-bond acceptors (Lipinski definition) is 1. The SMILES string of the molecule is C=C(C)CNCC(=C)CC. The van der Waals surface area contributed by atoms with Crippen LogP contribution in [-0.2, 0) is 0 Å². The van der Waals surface area contributed by atoms with Gasteiger partial charge in [-0.3, -0.25) is 0 Å². The summed E-state index contributed by atoms with van der Waals surface area (Å²) < 4.78 is 0. The van der Waals surface area contributed by atoms with E-state index in [-0.39, 0.29) is 0 Å². The van der Waals surface area contributed by atoms with Gasteiger partial charge in [0, 0.05) is 13.1 Å². The van der Waals surface area contributed by atoms with Crippen LogP contribution in [0, 0.1) is 0 Å². The average molecular weight is 139 g/mol. The minimum absolute atomic E-state index is 0.902. The normalized spacial score (nSPS) is 9.40. The molecule has 0 saturated heterocycles. The molecule has 0 unspecified atom stereocenters. The monoisotopic (exact) mass is 139 g/mol. The molecule has 0 aromatic carbocycles. The first kappa shape index (κ1) is 9.44. The lowest BCUT2D eigenvalue weighted by molar-refractivity contribution is 0.774. The fraction of sp³-hybridized carbons (Fsp3) is 0.556. The third kappa shape index (κ3) is 5.57. The highest BCUT2D eigenvalue weighted by Gasteiger charge is 1.88. The van der Waals surface area contributed by atoms with Gasteiger partial charge in [0.1, 0.15) is 0 Å². The van der Waals surface area contributed by atoms with E-state index in [0.29, 0.717) is 0 Å². The zero-order chi connectivity index (χ0) is 7.98. The summed E-state index contributed by atoms with van der Waals surface area (Å²) in [5.74, 6) is 0. The van der Waals surface area contributed by atoms with E-state index in [1.165, 1.54) is 11.1 Å². The molecule has 0 spiro atoms. The van der Waals surface area contributed by atoms with E-state index in [9.17, 15) is 0 Å². The van der Waals surface area contributed by atoms with E-state index in [1.807, 2.05) is 6.92 Å². The van der Waals surface area contributed by atoms with E-state index >= 15 is 0 Å². The van der Waals surface area contributed by atoms with Crippen LogP contribution in [0.15, 0.2) is 24.3 Å². The van der Waals surface area contributed by atoms with E-state index in [4.69, 9.17) is 0 Å². The van der Waals surface area contributed by atoms with Crippen molar-refractivity contribution in [3.63, 3.8) is 0 Å². The second-order valence-corrected chi connectivity index (χ2v) is 2.66. The molecule has 0 saturated carbocycles.